The highest BCUT2D eigenvalue weighted by atomic mass is 16.5. The summed E-state index contributed by atoms with van der Waals surface area (Å²) in [4.78, 5) is 0. The Morgan fingerprint density at radius 1 is 0.875 bits per heavy atom. The molecule has 0 saturated heterocycles. The molecule has 2 aromatic carbocycles. The molecule has 2 rings (SSSR count). The maximum atomic E-state index is 5.42. The molecule has 0 N–H and O–H groups in total. The third-order valence-electron chi connectivity index (χ3n) is 2.55. The lowest BCUT2D eigenvalue weighted by atomic mass is 9.94. The van der Waals surface area contributed by atoms with Crippen molar-refractivity contribution < 1.29 is 4.74 Å². The van der Waals surface area contributed by atoms with Crippen LogP contribution < -0.4 is 10.2 Å². The van der Waals surface area contributed by atoms with Gasteiger partial charge < -0.3 is 4.74 Å². The number of rotatable bonds is 3. The molecule has 0 heterocycles. The van der Waals surface area contributed by atoms with Crippen LogP contribution in [0, 0.1) is 0 Å². The lowest BCUT2D eigenvalue weighted by Gasteiger charge is -2.05. The van der Waals surface area contributed by atoms with E-state index >= 15 is 0 Å². The van der Waals surface area contributed by atoms with Crippen LogP contribution in [0.25, 0.3) is 11.1 Å². The maximum Gasteiger partial charge on any atom is 0.139 e. The third-order valence-corrected chi connectivity index (χ3v) is 2.55. The van der Waals surface area contributed by atoms with Gasteiger partial charge in [-0.25, -0.2) is 0 Å². The summed E-state index contributed by atoms with van der Waals surface area (Å²) in [5.74, 6) is 0.929. The minimum absolute atomic E-state index is 0.712. The fourth-order valence-corrected chi connectivity index (χ4v) is 1.66. The minimum Gasteiger partial charge on any atom is -0.494 e. The van der Waals surface area contributed by atoms with Gasteiger partial charge in [-0.3, -0.25) is 0 Å². The van der Waals surface area contributed by atoms with Crippen LogP contribution >= 0.6 is 0 Å². The molecule has 0 spiro atoms. The second kappa shape index (κ2) is 4.89. The van der Waals surface area contributed by atoms with Gasteiger partial charge in [-0.05, 0) is 30.2 Å². The maximum absolute atomic E-state index is 5.42. The van der Waals surface area contributed by atoms with Crippen LogP contribution in [-0.2, 0) is 0 Å². The van der Waals surface area contributed by atoms with Crippen molar-refractivity contribution in [1.82, 2.24) is 0 Å². The van der Waals surface area contributed by atoms with E-state index < -0.39 is 0 Å². The largest absolute Gasteiger partial charge is 0.494 e. The summed E-state index contributed by atoms with van der Waals surface area (Å²) < 4.78 is 5.42. The van der Waals surface area contributed by atoms with E-state index in [1.165, 1.54) is 16.6 Å². The molecule has 0 bridgehead atoms. The van der Waals surface area contributed by atoms with Crippen molar-refractivity contribution >= 4 is 13.3 Å². The van der Waals surface area contributed by atoms with E-state index in [1.807, 2.05) is 19.1 Å². The molecule has 0 unspecified atom stereocenters. The first kappa shape index (κ1) is 10.8. The van der Waals surface area contributed by atoms with Gasteiger partial charge in [0, 0.05) is 0 Å². The number of hydrogen-bond acceptors (Lipinski definition) is 1. The van der Waals surface area contributed by atoms with Gasteiger partial charge in [0.05, 0.1) is 6.61 Å². The van der Waals surface area contributed by atoms with Crippen molar-refractivity contribution in [3.8, 4) is 16.9 Å². The van der Waals surface area contributed by atoms with Gasteiger partial charge in [0.1, 0.15) is 13.6 Å². The van der Waals surface area contributed by atoms with E-state index in [2.05, 4.69) is 44.2 Å². The van der Waals surface area contributed by atoms with Crippen molar-refractivity contribution in [3.63, 3.8) is 0 Å². The van der Waals surface area contributed by atoms with E-state index in [-0.39, 0.29) is 0 Å². The molecule has 0 aliphatic carbocycles. The van der Waals surface area contributed by atoms with Crippen LogP contribution in [0.4, 0.5) is 0 Å². The molecule has 0 fully saturated rings. The number of hydrogen-bond donors (Lipinski definition) is 0. The Balaban J connectivity index is 2.24. The van der Waals surface area contributed by atoms with Crippen molar-refractivity contribution in [2.75, 3.05) is 6.61 Å². The topological polar surface area (TPSA) is 9.23 Å². The van der Waals surface area contributed by atoms with Gasteiger partial charge in [-0.15, -0.1) is 0 Å². The van der Waals surface area contributed by atoms with Crippen LogP contribution in [0.3, 0.4) is 0 Å². The molecule has 0 radical (unpaired) electrons. The molecule has 0 amide bonds. The first-order valence-electron chi connectivity index (χ1n) is 5.59. The minimum atomic E-state index is 0.712. The van der Waals surface area contributed by atoms with Crippen molar-refractivity contribution in [2.24, 2.45) is 0 Å². The molecule has 2 aromatic rings. The van der Waals surface area contributed by atoms with Gasteiger partial charge in [0.25, 0.3) is 0 Å². The molecule has 0 atom stereocenters. The molecular weight excluding hydrogens is 195 g/mol. The summed E-state index contributed by atoms with van der Waals surface area (Å²) in [6, 6.07) is 16.8. The van der Waals surface area contributed by atoms with Crippen molar-refractivity contribution in [3.05, 3.63) is 48.5 Å². The monoisotopic (exact) mass is 210 g/mol. The fourth-order valence-electron chi connectivity index (χ4n) is 1.66. The van der Waals surface area contributed by atoms with Crippen LogP contribution in [-0.4, -0.2) is 14.5 Å². The molecule has 0 aliphatic rings. The lowest BCUT2D eigenvalue weighted by molar-refractivity contribution is 0.340. The average molecular weight is 210 g/mol. The second-order valence-corrected chi connectivity index (χ2v) is 3.82. The molecule has 0 aromatic heterocycles. The van der Waals surface area contributed by atoms with E-state index in [0.29, 0.717) is 6.61 Å². The SMILES string of the molecule is Bc1ccc(-c2ccc(OCC)cc2)cc1. The van der Waals surface area contributed by atoms with Gasteiger partial charge in [-0.1, -0.05) is 41.9 Å². The highest BCUT2D eigenvalue weighted by molar-refractivity contribution is 6.32. The first-order chi connectivity index (χ1) is 7.79. The molecule has 80 valence electrons. The predicted molar refractivity (Wildman–Crippen MR) is 71.2 cm³/mol. The summed E-state index contributed by atoms with van der Waals surface area (Å²) in [6.45, 7) is 2.71. The van der Waals surface area contributed by atoms with Gasteiger partial charge in [-0.2, -0.15) is 0 Å². The van der Waals surface area contributed by atoms with Crippen molar-refractivity contribution in [1.29, 1.82) is 0 Å². The molecule has 2 heteroatoms. The molecule has 0 aliphatic heterocycles. The number of benzene rings is 2. The Morgan fingerprint density at radius 3 is 1.88 bits per heavy atom. The molecule has 1 nitrogen and oxygen atoms in total. The van der Waals surface area contributed by atoms with E-state index in [4.69, 9.17) is 4.74 Å². The lowest BCUT2D eigenvalue weighted by Crippen LogP contribution is -1.99. The first-order valence-corrected chi connectivity index (χ1v) is 5.59. The smallest absolute Gasteiger partial charge is 0.139 e. The standard InChI is InChI=1S/C14H15BO/c1-2-16-14-9-5-12(6-10-14)11-3-7-13(15)8-4-11/h3-10H,2,15H2,1H3. The van der Waals surface area contributed by atoms with E-state index in [9.17, 15) is 0 Å². The van der Waals surface area contributed by atoms with E-state index in [1.54, 1.807) is 0 Å². The average Bonchev–Trinajstić information content (AvgIpc) is 2.32. The van der Waals surface area contributed by atoms with Gasteiger partial charge in [0.2, 0.25) is 0 Å². The van der Waals surface area contributed by atoms with Gasteiger partial charge in [0.15, 0.2) is 0 Å². The quantitative estimate of drug-likeness (QED) is 0.704. The van der Waals surface area contributed by atoms with Crippen LogP contribution in [0.2, 0.25) is 0 Å². The zero-order chi connectivity index (χ0) is 11.4. The summed E-state index contributed by atoms with van der Waals surface area (Å²) in [5, 5.41) is 0. The summed E-state index contributed by atoms with van der Waals surface area (Å²) >= 11 is 0. The third kappa shape index (κ3) is 2.46. The Hall–Kier alpha value is -1.70. The Morgan fingerprint density at radius 2 is 1.38 bits per heavy atom. The van der Waals surface area contributed by atoms with Crippen LogP contribution in [0.15, 0.2) is 48.5 Å². The predicted octanol–water partition coefficient (Wildman–Crippen LogP) is 2.01. The molecular formula is C14H15BO. The summed E-state index contributed by atoms with van der Waals surface area (Å²) in [5.41, 5.74) is 3.76. The van der Waals surface area contributed by atoms with Crippen LogP contribution in [0.5, 0.6) is 5.75 Å². The Bertz CT molecular complexity index is 445. The summed E-state index contributed by atoms with van der Waals surface area (Å²) in [7, 11) is 2.10. The number of ether oxygens (including phenoxy) is 1. The summed E-state index contributed by atoms with van der Waals surface area (Å²) in [6.07, 6.45) is 0. The molecule has 0 saturated carbocycles. The highest BCUT2D eigenvalue weighted by Gasteiger charge is 1.97. The zero-order valence-electron chi connectivity index (χ0n) is 9.73. The van der Waals surface area contributed by atoms with Crippen LogP contribution in [0.1, 0.15) is 6.92 Å². The van der Waals surface area contributed by atoms with Gasteiger partial charge >= 0.3 is 0 Å². The highest BCUT2D eigenvalue weighted by Crippen LogP contribution is 2.21. The Kier molecular flexibility index (Phi) is 3.30. The normalized spacial score (nSPS) is 10.1. The Labute approximate surface area is 97.5 Å². The second-order valence-electron chi connectivity index (χ2n) is 3.82. The molecule has 16 heavy (non-hydrogen) atoms. The van der Waals surface area contributed by atoms with Crippen molar-refractivity contribution in [2.45, 2.75) is 6.92 Å². The zero-order valence-corrected chi connectivity index (χ0v) is 9.73. The van der Waals surface area contributed by atoms with E-state index in [0.717, 1.165) is 5.75 Å². The fraction of sp³-hybridized carbons (Fsp3) is 0.143.